The molecule has 2 heterocycles. The molecule has 3 rings (SSSR count). The van der Waals surface area contributed by atoms with E-state index >= 15 is 0 Å². The lowest BCUT2D eigenvalue weighted by Crippen LogP contribution is -2.19. The van der Waals surface area contributed by atoms with Gasteiger partial charge in [0.15, 0.2) is 0 Å². The van der Waals surface area contributed by atoms with Gasteiger partial charge in [-0.05, 0) is 44.2 Å². The number of anilines is 1. The van der Waals surface area contributed by atoms with Gasteiger partial charge in [-0.1, -0.05) is 6.08 Å². The number of nitrogens with zero attached hydrogens (tertiary/aromatic N) is 4. The molecule has 0 radical (unpaired) electrons. The minimum Gasteiger partial charge on any atom is -0.445 e. The molecule has 0 saturated carbocycles. The van der Waals surface area contributed by atoms with E-state index in [4.69, 9.17) is 11.5 Å². The summed E-state index contributed by atoms with van der Waals surface area (Å²) in [6.07, 6.45) is 2.49. The van der Waals surface area contributed by atoms with Gasteiger partial charge < -0.3 is 20.8 Å². The van der Waals surface area contributed by atoms with Crippen LogP contribution in [0.2, 0.25) is 0 Å². The number of aromatic nitrogens is 4. The normalized spacial score (nSPS) is 11.2. The van der Waals surface area contributed by atoms with Gasteiger partial charge in [0.25, 0.3) is 5.91 Å². The van der Waals surface area contributed by atoms with Crippen molar-refractivity contribution in [3.8, 4) is 0 Å². The van der Waals surface area contributed by atoms with E-state index in [1.54, 1.807) is 45.7 Å². The fraction of sp³-hybridized carbons (Fsp3) is 0.250. The third-order valence-electron chi connectivity index (χ3n) is 4.47. The number of hydrogen-bond acceptors (Lipinski definition) is 6. The van der Waals surface area contributed by atoms with Gasteiger partial charge in [-0.2, -0.15) is 5.10 Å². The van der Waals surface area contributed by atoms with Crippen molar-refractivity contribution in [2.75, 3.05) is 11.9 Å². The summed E-state index contributed by atoms with van der Waals surface area (Å²) in [7, 11) is 0. The van der Waals surface area contributed by atoms with E-state index in [-0.39, 0.29) is 18.5 Å². The number of carbonyl (C=O) groups excluding carboxylic acids is 3. The summed E-state index contributed by atoms with van der Waals surface area (Å²) in [5.74, 6) is -0.661. The Labute approximate surface area is 177 Å². The Balaban J connectivity index is 1.94. The molecule has 2 aromatic heterocycles. The van der Waals surface area contributed by atoms with Crippen molar-refractivity contribution in [3.63, 3.8) is 0 Å². The van der Waals surface area contributed by atoms with E-state index in [9.17, 15) is 14.4 Å². The smallest absolute Gasteiger partial charge is 0.404 e. The Bertz CT molecular complexity index is 1180. The molecule has 1 aromatic carbocycles. The van der Waals surface area contributed by atoms with Gasteiger partial charge >= 0.3 is 6.09 Å². The average Bonchev–Trinajstić information content (AvgIpc) is 3.26. The van der Waals surface area contributed by atoms with Crippen LogP contribution in [0.1, 0.15) is 33.5 Å². The predicted molar refractivity (Wildman–Crippen MR) is 114 cm³/mol. The summed E-state index contributed by atoms with van der Waals surface area (Å²) in [6.45, 7) is 4.57. The number of imidazole rings is 1. The van der Waals surface area contributed by atoms with Crippen LogP contribution in [-0.4, -0.2) is 43.8 Å². The molecule has 162 valence electrons. The maximum atomic E-state index is 12.9. The molecule has 0 aliphatic rings. The highest BCUT2D eigenvalue weighted by Crippen LogP contribution is 2.22. The predicted octanol–water partition coefficient (Wildman–Crippen LogP) is 1.56. The number of carbonyl (C=O) groups is 3. The lowest BCUT2D eigenvalue weighted by atomic mass is 10.2. The Kier molecular flexibility index (Phi) is 6.34. The summed E-state index contributed by atoms with van der Waals surface area (Å²) in [5.41, 5.74) is 12.9. The van der Waals surface area contributed by atoms with Crippen LogP contribution in [0.3, 0.4) is 0 Å². The third kappa shape index (κ3) is 4.89. The molecule has 0 spiro atoms. The molecule has 0 unspecified atom stereocenters. The molecule has 0 atom stereocenters. The van der Waals surface area contributed by atoms with Crippen molar-refractivity contribution in [2.24, 2.45) is 11.5 Å². The van der Waals surface area contributed by atoms with Crippen LogP contribution in [-0.2, 0) is 17.8 Å². The average molecular weight is 425 g/mol. The lowest BCUT2D eigenvalue weighted by Gasteiger charge is -2.09. The van der Waals surface area contributed by atoms with E-state index in [0.717, 1.165) is 5.69 Å². The van der Waals surface area contributed by atoms with Crippen molar-refractivity contribution in [1.29, 1.82) is 0 Å². The second kappa shape index (κ2) is 9.11. The molecular formula is C20H23N7O4. The molecule has 31 heavy (non-hydrogen) atoms. The number of nitrogens with one attached hydrogen (secondary N) is 1. The third-order valence-corrected chi connectivity index (χ3v) is 4.47. The quantitative estimate of drug-likeness (QED) is 0.464. The molecular weight excluding hydrogens is 402 g/mol. The molecule has 11 nitrogen and oxygen atoms in total. The number of primary amides is 2. The first-order valence-corrected chi connectivity index (χ1v) is 9.53. The standard InChI is InChI=1S/C20H23N7O4/c1-3-27-16(10-12(2)25-27)18(29)24-20-23-14-11-13(17(21)28)6-7-15(14)26(20)8-4-5-9-31-19(22)30/h4-7,10-11H,3,8-9H2,1-2H3,(H2,21,28)(H2,22,30)(H,23,24,29). The second-order valence-electron chi connectivity index (χ2n) is 6.66. The second-order valence-corrected chi connectivity index (χ2v) is 6.66. The summed E-state index contributed by atoms with van der Waals surface area (Å²) in [5, 5.41) is 7.10. The van der Waals surface area contributed by atoms with E-state index in [2.05, 4.69) is 20.1 Å². The van der Waals surface area contributed by atoms with Crippen LogP contribution in [0.25, 0.3) is 11.0 Å². The number of nitrogens with two attached hydrogens (primary N) is 2. The summed E-state index contributed by atoms with van der Waals surface area (Å²) in [6, 6.07) is 6.54. The maximum Gasteiger partial charge on any atom is 0.404 e. The van der Waals surface area contributed by atoms with Crippen LogP contribution >= 0.6 is 0 Å². The fourth-order valence-electron chi connectivity index (χ4n) is 3.08. The zero-order valence-corrected chi connectivity index (χ0v) is 17.2. The van der Waals surface area contributed by atoms with Gasteiger partial charge in [0, 0.05) is 18.7 Å². The van der Waals surface area contributed by atoms with Crippen molar-refractivity contribution in [3.05, 3.63) is 53.4 Å². The van der Waals surface area contributed by atoms with Crippen molar-refractivity contribution in [1.82, 2.24) is 19.3 Å². The molecule has 3 amide bonds. The highest BCUT2D eigenvalue weighted by Gasteiger charge is 2.18. The van der Waals surface area contributed by atoms with Crippen LogP contribution in [0.5, 0.6) is 0 Å². The Hall–Kier alpha value is -4.15. The first kappa shape index (κ1) is 21.6. The Morgan fingerprint density at radius 1 is 1.19 bits per heavy atom. The minimum atomic E-state index is -0.868. The van der Waals surface area contributed by atoms with Gasteiger partial charge in [0.05, 0.1) is 16.7 Å². The number of ether oxygens (including phenoxy) is 1. The molecule has 0 saturated heterocycles. The van der Waals surface area contributed by atoms with E-state index in [0.29, 0.717) is 35.4 Å². The number of aryl methyl sites for hydroxylation is 2. The van der Waals surface area contributed by atoms with Gasteiger partial charge in [0.1, 0.15) is 12.3 Å². The van der Waals surface area contributed by atoms with E-state index < -0.39 is 12.0 Å². The largest absolute Gasteiger partial charge is 0.445 e. The molecule has 0 fully saturated rings. The highest BCUT2D eigenvalue weighted by atomic mass is 16.5. The molecule has 0 aliphatic heterocycles. The van der Waals surface area contributed by atoms with E-state index in [1.807, 2.05) is 13.8 Å². The van der Waals surface area contributed by atoms with E-state index in [1.165, 1.54) is 0 Å². The summed E-state index contributed by atoms with van der Waals surface area (Å²) >= 11 is 0. The van der Waals surface area contributed by atoms with Gasteiger partial charge in [0.2, 0.25) is 11.9 Å². The molecule has 0 bridgehead atoms. The number of hydrogen-bond donors (Lipinski definition) is 3. The number of amides is 3. The van der Waals surface area contributed by atoms with Crippen molar-refractivity contribution >= 4 is 34.9 Å². The van der Waals surface area contributed by atoms with Crippen LogP contribution in [0, 0.1) is 6.92 Å². The number of rotatable bonds is 8. The van der Waals surface area contributed by atoms with Crippen LogP contribution < -0.4 is 16.8 Å². The number of allylic oxidation sites excluding steroid dienone is 1. The summed E-state index contributed by atoms with van der Waals surface area (Å²) < 4.78 is 8.02. The summed E-state index contributed by atoms with van der Waals surface area (Å²) in [4.78, 5) is 39.5. The topological polar surface area (TPSA) is 160 Å². The molecule has 5 N–H and O–H groups in total. The zero-order chi connectivity index (χ0) is 22.5. The first-order valence-electron chi connectivity index (χ1n) is 9.53. The monoisotopic (exact) mass is 425 g/mol. The van der Waals surface area contributed by atoms with Gasteiger partial charge in [-0.15, -0.1) is 0 Å². The first-order chi connectivity index (χ1) is 14.8. The van der Waals surface area contributed by atoms with Gasteiger partial charge in [-0.25, -0.2) is 9.78 Å². The SMILES string of the molecule is CCn1nc(C)cc1C(=O)Nc1nc2cc(C(N)=O)ccc2n1CC=CCOC(N)=O. The lowest BCUT2D eigenvalue weighted by molar-refractivity contribution is 0.0996. The van der Waals surface area contributed by atoms with Gasteiger partial charge in [-0.3, -0.25) is 19.6 Å². The molecule has 11 heteroatoms. The fourth-order valence-corrected chi connectivity index (χ4v) is 3.08. The zero-order valence-electron chi connectivity index (χ0n) is 17.2. The Morgan fingerprint density at radius 2 is 1.97 bits per heavy atom. The molecule has 3 aromatic rings. The van der Waals surface area contributed by atoms with Crippen molar-refractivity contribution in [2.45, 2.75) is 26.9 Å². The van der Waals surface area contributed by atoms with Crippen LogP contribution in [0.4, 0.5) is 10.7 Å². The molecule has 0 aliphatic carbocycles. The van der Waals surface area contributed by atoms with Crippen LogP contribution in [0.15, 0.2) is 36.4 Å². The highest BCUT2D eigenvalue weighted by molar-refractivity contribution is 6.03. The number of fused-ring (bicyclic) bond motifs is 1. The minimum absolute atomic E-state index is 0.0183. The Morgan fingerprint density at radius 3 is 2.65 bits per heavy atom. The number of benzene rings is 1. The van der Waals surface area contributed by atoms with Crippen molar-refractivity contribution < 1.29 is 19.1 Å². The maximum absolute atomic E-state index is 12.9.